The van der Waals surface area contributed by atoms with E-state index >= 15 is 0 Å². The number of hydrogen-bond acceptors (Lipinski definition) is 3. The number of furan rings is 1. The number of amides is 1. The fourth-order valence-electron chi connectivity index (χ4n) is 2.92. The monoisotopic (exact) mass is 278 g/mol. The van der Waals surface area contributed by atoms with Crippen molar-refractivity contribution < 1.29 is 9.21 Å². The van der Waals surface area contributed by atoms with Gasteiger partial charge in [-0.05, 0) is 45.8 Å². The molecule has 0 radical (unpaired) electrons. The molecule has 0 spiro atoms. The molecule has 2 rings (SSSR count). The lowest BCUT2D eigenvalue weighted by Gasteiger charge is -2.31. The van der Waals surface area contributed by atoms with Gasteiger partial charge in [-0.25, -0.2) is 0 Å². The molecule has 1 aromatic heterocycles. The minimum absolute atomic E-state index is 0.104. The quantitative estimate of drug-likeness (QED) is 0.814. The van der Waals surface area contributed by atoms with Crippen LogP contribution in [0.3, 0.4) is 0 Å². The SMILES string of the molecule is Cc1ccoc1C(=O)NCCCN(C)C1CCCCC1. The van der Waals surface area contributed by atoms with Crippen molar-refractivity contribution in [1.29, 1.82) is 0 Å². The fraction of sp³-hybridized carbons (Fsp3) is 0.688. The van der Waals surface area contributed by atoms with Crippen molar-refractivity contribution in [2.75, 3.05) is 20.1 Å². The van der Waals surface area contributed by atoms with Gasteiger partial charge in [0.05, 0.1) is 6.26 Å². The molecule has 0 atom stereocenters. The highest BCUT2D eigenvalue weighted by molar-refractivity contribution is 5.92. The Hall–Kier alpha value is -1.29. The zero-order valence-corrected chi connectivity index (χ0v) is 12.7. The molecule has 1 fully saturated rings. The smallest absolute Gasteiger partial charge is 0.287 e. The molecule has 0 unspecified atom stereocenters. The van der Waals surface area contributed by atoms with E-state index in [-0.39, 0.29) is 5.91 Å². The Morgan fingerprint density at radius 2 is 2.15 bits per heavy atom. The third kappa shape index (κ3) is 4.10. The van der Waals surface area contributed by atoms with Gasteiger partial charge in [-0.2, -0.15) is 0 Å². The second kappa shape index (κ2) is 7.48. The molecule has 1 N–H and O–H groups in total. The molecule has 1 aliphatic rings. The summed E-state index contributed by atoms with van der Waals surface area (Å²) < 4.78 is 5.18. The van der Waals surface area contributed by atoms with Crippen LogP contribution >= 0.6 is 0 Å². The predicted octanol–water partition coefficient (Wildman–Crippen LogP) is 2.97. The van der Waals surface area contributed by atoms with Crippen LogP contribution in [0.1, 0.15) is 54.6 Å². The summed E-state index contributed by atoms with van der Waals surface area (Å²) in [5.41, 5.74) is 0.891. The van der Waals surface area contributed by atoms with Gasteiger partial charge in [0, 0.05) is 18.2 Å². The number of rotatable bonds is 6. The summed E-state index contributed by atoms with van der Waals surface area (Å²) in [5, 5.41) is 2.92. The van der Waals surface area contributed by atoms with Gasteiger partial charge in [-0.15, -0.1) is 0 Å². The molecule has 1 aliphatic carbocycles. The number of hydrogen-bond donors (Lipinski definition) is 1. The van der Waals surface area contributed by atoms with Crippen LogP contribution in [0.15, 0.2) is 16.7 Å². The maximum Gasteiger partial charge on any atom is 0.287 e. The molecule has 0 bridgehead atoms. The van der Waals surface area contributed by atoms with E-state index in [1.54, 1.807) is 6.26 Å². The van der Waals surface area contributed by atoms with Gasteiger partial charge in [0.2, 0.25) is 0 Å². The van der Waals surface area contributed by atoms with E-state index in [1.807, 2.05) is 13.0 Å². The minimum Gasteiger partial charge on any atom is -0.459 e. The fourth-order valence-corrected chi connectivity index (χ4v) is 2.92. The average Bonchev–Trinajstić information content (AvgIpc) is 2.90. The van der Waals surface area contributed by atoms with E-state index in [0.717, 1.165) is 24.6 Å². The molecule has 1 saturated carbocycles. The topological polar surface area (TPSA) is 45.5 Å². The van der Waals surface area contributed by atoms with Crippen LogP contribution in [0.5, 0.6) is 0 Å². The number of carbonyl (C=O) groups excluding carboxylic acids is 1. The molecule has 0 saturated heterocycles. The Morgan fingerprint density at radius 1 is 1.40 bits per heavy atom. The first-order valence-electron chi connectivity index (χ1n) is 7.71. The Morgan fingerprint density at radius 3 is 2.80 bits per heavy atom. The Labute approximate surface area is 121 Å². The lowest BCUT2D eigenvalue weighted by Crippen LogP contribution is -2.35. The molecular weight excluding hydrogens is 252 g/mol. The van der Waals surface area contributed by atoms with Gasteiger partial charge in [0.1, 0.15) is 0 Å². The highest BCUT2D eigenvalue weighted by Crippen LogP contribution is 2.21. The molecule has 112 valence electrons. The molecular formula is C16H26N2O2. The van der Waals surface area contributed by atoms with Crippen LogP contribution in [-0.4, -0.2) is 37.0 Å². The summed E-state index contributed by atoms with van der Waals surface area (Å²) >= 11 is 0. The number of carbonyl (C=O) groups is 1. The largest absolute Gasteiger partial charge is 0.459 e. The molecule has 1 heterocycles. The molecule has 4 nitrogen and oxygen atoms in total. The standard InChI is InChI=1S/C16H26N2O2/c1-13-9-12-20-15(13)16(19)17-10-6-11-18(2)14-7-4-3-5-8-14/h9,12,14H,3-8,10-11H2,1-2H3,(H,17,19). The molecule has 20 heavy (non-hydrogen) atoms. The first-order chi connectivity index (χ1) is 9.68. The molecule has 1 amide bonds. The normalized spacial score (nSPS) is 16.6. The van der Waals surface area contributed by atoms with E-state index in [2.05, 4.69) is 17.3 Å². The predicted molar refractivity (Wildman–Crippen MR) is 79.9 cm³/mol. The highest BCUT2D eigenvalue weighted by atomic mass is 16.3. The van der Waals surface area contributed by atoms with E-state index in [9.17, 15) is 4.79 Å². The Balaban J connectivity index is 1.63. The Bertz CT molecular complexity index is 422. The van der Waals surface area contributed by atoms with Crippen molar-refractivity contribution in [2.45, 2.75) is 51.5 Å². The van der Waals surface area contributed by atoms with E-state index in [1.165, 1.54) is 32.1 Å². The number of nitrogens with one attached hydrogen (secondary N) is 1. The maximum absolute atomic E-state index is 11.9. The van der Waals surface area contributed by atoms with Gasteiger partial charge < -0.3 is 14.6 Å². The zero-order valence-electron chi connectivity index (χ0n) is 12.7. The van der Waals surface area contributed by atoms with E-state index < -0.39 is 0 Å². The van der Waals surface area contributed by atoms with Crippen LogP contribution in [0, 0.1) is 6.92 Å². The van der Waals surface area contributed by atoms with Crippen LogP contribution < -0.4 is 5.32 Å². The van der Waals surface area contributed by atoms with Crippen molar-refractivity contribution in [3.63, 3.8) is 0 Å². The zero-order chi connectivity index (χ0) is 14.4. The van der Waals surface area contributed by atoms with Crippen molar-refractivity contribution in [1.82, 2.24) is 10.2 Å². The van der Waals surface area contributed by atoms with E-state index in [4.69, 9.17) is 4.42 Å². The summed E-state index contributed by atoms with van der Waals surface area (Å²) in [6.07, 6.45) is 9.32. The second-order valence-corrected chi connectivity index (χ2v) is 5.81. The van der Waals surface area contributed by atoms with Crippen molar-refractivity contribution in [2.24, 2.45) is 0 Å². The Kier molecular flexibility index (Phi) is 5.65. The molecule has 1 aromatic rings. The number of aryl methyl sites for hydroxylation is 1. The lowest BCUT2D eigenvalue weighted by atomic mass is 9.94. The van der Waals surface area contributed by atoms with Gasteiger partial charge in [-0.3, -0.25) is 4.79 Å². The van der Waals surface area contributed by atoms with Crippen molar-refractivity contribution in [3.8, 4) is 0 Å². The van der Waals surface area contributed by atoms with Gasteiger partial charge in [-0.1, -0.05) is 19.3 Å². The maximum atomic E-state index is 11.9. The highest BCUT2D eigenvalue weighted by Gasteiger charge is 2.17. The summed E-state index contributed by atoms with van der Waals surface area (Å²) in [7, 11) is 2.20. The van der Waals surface area contributed by atoms with Crippen LogP contribution in [0.25, 0.3) is 0 Å². The lowest BCUT2D eigenvalue weighted by molar-refractivity contribution is 0.0922. The summed E-state index contributed by atoms with van der Waals surface area (Å²) in [4.78, 5) is 14.3. The molecule has 4 heteroatoms. The van der Waals surface area contributed by atoms with Gasteiger partial charge in [0.15, 0.2) is 5.76 Å². The first-order valence-corrected chi connectivity index (χ1v) is 7.71. The average molecular weight is 278 g/mol. The van der Waals surface area contributed by atoms with Gasteiger partial charge in [0.25, 0.3) is 5.91 Å². The van der Waals surface area contributed by atoms with Crippen LogP contribution in [0.4, 0.5) is 0 Å². The third-order valence-corrected chi connectivity index (χ3v) is 4.24. The van der Waals surface area contributed by atoms with Crippen molar-refractivity contribution >= 4 is 5.91 Å². The van der Waals surface area contributed by atoms with E-state index in [0.29, 0.717) is 12.3 Å². The van der Waals surface area contributed by atoms with Gasteiger partial charge >= 0.3 is 0 Å². The summed E-state index contributed by atoms with van der Waals surface area (Å²) in [5.74, 6) is 0.332. The number of nitrogens with zero attached hydrogens (tertiary/aromatic N) is 1. The summed E-state index contributed by atoms with van der Waals surface area (Å²) in [6, 6.07) is 2.55. The first kappa shape index (κ1) is 15.1. The minimum atomic E-state index is -0.104. The van der Waals surface area contributed by atoms with Crippen molar-refractivity contribution in [3.05, 3.63) is 23.7 Å². The van der Waals surface area contributed by atoms with Crippen LogP contribution in [0.2, 0.25) is 0 Å². The van der Waals surface area contributed by atoms with Crippen LogP contribution in [-0.2, 0) is 0 Å². The second-order valence-electron chi connectivity index (χ2n) is 5.81. The third-order valence-electron chi connectivity index (χ3n) is 4.24. The molecule has 0 aliphatic heterocycles. The molecule has 0 aromatic carbocycles. The summed E-state index contributed by atoms with van der Waals surface area (Å²) in [6.45, 7) is 3.63.